The second-order valence-electron chi connectivity index (χ2n) is 3.65. The molecule has 0 bridgehead atoms. The highest BCUT2D eigenvalue weighted by atomic mass is 79.9. The maximum atomic E-state index is 10.9. The van der Waals surface area contributed by atoms with Crippen molar-refractivity contribution in [1.82, 2.24) is 0 Å². The number of nitrogens with zero attached hydrogens (tertiary/aromatic N) is 1. The van der Waals surface area contributed by atoms with Gasteiger partial charge in [-0.15, -0.1) is 0 Å². The van der Waals surface area contributed by atoms with Gasteiger partial charge in [-0.3, -0.25) is 10.1 Å². The van der Waals surface area contributed by atoms with Crippen molar-refractivity contribution in [2.24, 2.45) is 0 Å². The van der Waals surface area contributed by atoms with Crippen LogP contribution >= 0.6 is 31.9 Å². The normalized spacial score (nSPS) is 10.4. The molecule has 2 aromatic rings. The minimum Gasteiger partial charge on any atom is -0.508 e. The van der Waals surface area contributed by atoms with Crippen LogP contribution in [0.2, 0.25) is 0 Å². The van der Waals surface area contributed by atoms with Crippen LogP contribution in [0.4, 0.5) is 11.4 Å². The van der Waals surface area contributed by atoms with E-state index in [2.05, 4.69) is 37.2 Å². The Bertz CT molecular complexity index is 608. The van der Waals surface area contributed by atoms with Crippen LogP contribution in [-0.2, 0) is 6.54 Å². The van der Waals surface area contributed by atoms with Crippen LogP contribution in [0.25, 0.3) is 0 Å². The van der Waals surface area contributed by atoms with Crippen molar-refractivity contribution in [3.63, 3.8) is 0 Å². The Kier molecular flexibility index (Phi) is 4.11. The molecule has 0 radical (unpaired) electrons. The highest BCUT2D eigenvalue weighted by Gasteiger charge is 2.15. The molecule has 8 heteroatoms. The molecule has 0 fully saturated rings. The molecular formula is C11H8Br2N2O4. The third-order valence-electron chi connectivity index (χ3n) is 2.33. The molecule has 1 heterocycles. The number of hydrogen-bond acceptors (Lipinski definition) is 5. The first-order chi connectivity index (χ1) is 8.97. The van der Waals surface area contributed by atoms with Crippen molar-refractivity contribution < 1.29 is 14.4 Å². The van der Waals surface area contributed by atoms with E-state index in [9.17, 15) is 15.2 Å². The summed E-state index contributed by atoms with van der Waals surface area (Å²) in [6, 6.07) is 5.67. The number of phenolic OH excluding ortho intramolecular Hbond substituents is 1. The number of rotatable bonds is 4. The van der Waals surface area contributed by atoms with Gasteiger partial charge in [-0.25, -0.2) is 0 Å². The number of anilines is 1. The molecule has 0 aliphatic rings. The van der Waals surface area contributed by atoms with Crippen LogP contribution in [0.5, 0.6) is 5.75 Å². The van der Waals surface area contributed by atoms with Crippen LogP contribution < -0.4 is 5.32 Å². The minimum atomic E-state index is -0.560. The lowest BCUT2D eigenvalue weighted by Gasteiger charge is -2.05. The molecule has 100 valence electrons. The summed E-state index contributed by atoms with van der Waals surface area (Å²) in [6.45, 7) is 0.288. The van der Waals surface area contributed by atoms with Crippen LogP contribution in [-0.4, -0.2) is 10.0 Å². The summed E-state index contributed by atoms with van der Waals surface area (Å²) in [5, 5.41) is 23.0. The highest BCUT2D eigenvalue weighted by Crippen LogP contribution is 2.30. The molecule has 0 saturated carbocycles. The van der Waals surface area contributed by atoms with Gasteiger partial charge in [-0.2, -0.15) is 0 Å². The standard InChI is InChI=1S/C11H8Br2N2O4/c12-8-4-7(19-11(8)13)5-14-9-2-1-6(16)3-10(9)15(17)18/h1-4,14,16H,5H2. The van der Waals surface area contributed by atoms with Crippen LogP contribution in [0.1, 0.15) is 5.76 Å². The van der Waals surface area contributed by atoms with Gasteiger partial charge in [0.2, 0.25) is 0 Å². The highest BCUT2D eigenvalue weighted by molar-refractivity contribution is 9.13. The van der Waals surface area contributed by atoms with Gasteiger partial charge in [0.1, 0.15) is 17.2 Å². The summed E-state index contributed by atoms with van der Waals surface area (Å²) >= 11 is 6.49. The Hall–Kier alpha value is -1.54. The Morgan fingerprint density at radius 1 is 1.37 bits per heavy atom. The van der Waals surface area contributed by atoms with Gasteiger partial charge in [0.25, 0.3) is 5.69 Å². The zero-order valence-corrected chi connectivity index (χ0v) is 12.6. The number of hydrogen-bond donors (Lipinski definition) is 2. The van der Waals surface area contributed by atoms with E-state index in [0.29, 0.717) is 16.1 Å². The Morgan fingerprint density at radius 3 is 2.68 bits per heavy atom. The SMILES string of the molecule is O=[N+]([O-])c1cc(O)ccc1NCc1cc(Br)c(Br)o1. The summed E-state index contributed by atoms with van der Waals surface area (Å²) in [4.78, 5) is 10.3. The fraction of sp³-hybridized carbons (Fsp3) is 0.0909. The van der Waals surface area contributed by atoms with Crippen LogP contribution in [0.3, 0.4) is 0 Å². The first kappa shape index (κ1) is 13.9. The molecule has 0 spiro atoms. The zero-order valence-electron chi connectivity index (χ0n) is 9.39. The van der Waals surface area contributed by atoms with Crippen molar-refractivity contribution in [2.75, 3.05) is 5.32 Å². The van der Waals surface area contributed by atoms with Gasteiger partial charge in [0.15, 0.2) is 4.67 Å². The van der Waals surface area contributed by atoms with E-state index < -0.39 is 4.92 Å². The van der Waals surface area contributed by atoms with Gasteiger partial charge in [-0.05, 0) is 50.1 Å². The van der Waals surface area contributed by atoms with E-state index in [4.69, 9.17) is 4.42 Å². The Balaban J connectivity index is 2.17. The molecule has 0 amide bonds. The number of nitrogens with one attached hydrogen (secondary N) is 1. The average Bonchev–Trinajstić information content (AvgIpc) is 2.67. The largest absolute Gasteiger partial charge is 0.508 e. The number of halogens is 2. The quantitative estimate of drug-likeness (QED) is 0.466. The molecule has 19 heavy (non-hydrogen) atoms. The maximum absolute atomic E-state index is 10.9. The molecule has 6 nitrogen and oxygen atoms in total. The Morgan fingerprint density at radius 2 is 2.11 bits per heavy atom. The number of nitro groups is 1. The second kappa shape index (κ2) is 5.62. The van der Waals surface area contributed by atoms with E-state index in [1.54, 1.807) is 6.07 Å². The number of aromatic hydroxyl groups is 1. The third-order valence-corrected chi connectivity index (χ3v) is 4.04. The van der Waals surface area contributed by atoms with Crippen molar-refractivity contribution in [3.05, 3.63) is 49.3 Å². The molecule has 0 unspecified atom stereocenters. The molecule has 0 aliphatic heterocycles. The third kappa shape index (κ3) is 3.27. The second-order valence-corrected chi connectivity index (χ2v) is 5.22. The van der Waals surface area contributed by atoms with Gasteiger partial charge < -0.3 is 14.8 Å². The fourth-order valence-corrected chi connectivity index (χ4v) is 2.14. The molecule has 0 aliphatic carbocycles. The zero-order chi connectivity index (χ0) is 14.0. The van der Waals surface area contributed by atoms with Crippen LogP contribution in [0.15, 0.2) is 37.8 Å². The Labute approximate surface area is 124 Å². The van der Waals surface area contributed by atoms with Gasteiger partial charge in [0, 0.05) is 0 Å². The van der Waals surface area contributed by atoms with Gasteiger partial charge >= 0.3 is 0 Å². The fourth-order valence-electron chi connectivity index (χ4n) is 1.48. The summed E-state index contributed by atoms with van der Waals surface area (Å²) in [7, 11) is 0. The van der Waals surface area contributed by atoms with Crippen molar-refractivity contribution >= 4 is 43.2 Å². The van der Waals surface area contributed by atoms with Gasteiger partial charge in [-0.1, -0.05) is 0 Å². The summed E-state index contributed by atoms with van der Waals surface area (Å²) < 4.78 is 6.68. The average molecular weight is 392 g/mol. The molecular weight excluding hydrogens is 384 g/mol. The molecule has 2 rings (SSSR count). The molecule has 1 aromatic heterocycles. The lowest BCUT2D eigenvalue weighted by molar-refractivity contribution is -0.384. The van der Waals surface area contributed by atoms with E-state index in [1.807, 2.05) is 0 Å². The van der Waals surface area contributed by atoms with Crippen LogP contribution in [0, 0.1) is 10.1 Å². The van der Waals surface area contributed by atoms with Crippen molar-refractivity contribution in [3.8, 4) is 5.75 Å². The summed E-state index contributed by atoms with van der Waals surface area (Å²) in [5.41, 5.74) is 0.121. The molecule has 0 saturated heterocycles. The maximum Gasteiger partial charge on any atom is 0.296 e. The van der Waals surface area contributed by atoms with Gasteiger partial charge in [0.05, 0.1) is 22.0 Å². The van der Waals surface area contributed by atoms with E-state index >= 15 is 0 Å². The molecule has 0 atom stereocenters. The predicted octanol–water partition coefficient (Wildman–Crippen LogP) is 4.03. The summed E-state index contributed by atoms with van der Waals surface area (Å²) in [5.74, 6) is 0.460. The minimum absolute atomic E-state index is 0.152. The van der Waals surface area contributed by atoms with Crippen molar-refractivity contribution in [1.29, 1.82) is 0 Å². The first-order valence-electron chi connectivity index (χ1n) is 5.12. The number of benzene rings is 1. The molecule has 1 aromatic carbocycles. The number of furan rings is 1. The summed E-state index contributed by atoms with van der Waals surface area (Å²) in [6.07, 6.45) is 0. The van der Waals surface area contributed by atoms with E-state index in [0.717, 1.165) is 10.5 Å². The van der Waals surface area contributed by atoms with E-state index in [-0.39, 0.29) is 18.0 Å². The monoisotopic (exact) mass is 390 g/mol. The van der Waals surface area contributed by atoms with E-state index in [1.165, 1.54) is 12.1 Å². The smallest absolute Gasteiger partial charge is 0.296 e. The topological polar surface area (TPSA) is 88.5 Å². The molecule has 2 N–H and O–H groups in total. The lowest BCUT2D eigenvalue weighted by Crippen LogP contribution is -2.01. The number of phenols is 1. The number of nitro benzene ring substituents is 1. The van der Waals surface area contributed by atoms with Crippen molar-refractivity contribution in [2.45, 2.75) is 6.54 Å². The predicted molar refractivity (Wildman–Crippen MR) is 76.2 cm³/mol. The lowest BCUT2D eigenvalue weighted by atomic mass is 10.2. The first-order valence-corrected chi connectivity index (χ1v) is 6.71.